The molecule has 1 aliphatic heterocycles. The number of furan rings is 1. The van der Waals surface area contributed by atoms with Crippen molar-refractivity contribution in [1.29, 1.82) is 0 Å². The third-order valence-electron chi connectivity index (χ3n) is 6.17. The van der Waals surface area contributed by atoms with E-state index >= 15 is 0 Å². The summed E-state index contributed by atoms with van der Waals surface area (Å²) in [5.74, 6) is -1.43. The van der Waals surface area contributed by atoms with Gasteiger partial charge in [0.05, 0.1) is 21.7 Å². The van der Waals surface area contributed by atoms with Gasteiger partial charge in [0.2, 0.25) is 10.9 Å². The Morgan fingerprint density at radius 2 is 1.77 bits per heavy atom. The molecule has 39 heavy (non-hydrogen) atoms. The smallest absolute Gasteiger partial charge is 0.296 e. The Morgan fingerprint density at radius 3 is 2.54 bits per heavy atom. The number of carbonyl (C=O) groups is 2. The second-order valence-electron chi connectivity index (χ2n) is 8.62. The summed E-state index contributed by atoms with van der Waals surface area (Å²) in [7, 11) is 0. The third kappa shape index (κ3) is 4.83. The number of amides is 1. The van der Waals surface area contributed by atoms with Crippen LogP contribution in [0.25, 0.3) is 11.0 Å². The van der Waals surface area contributed by atoms with Crippen molar-refractivity contribution in [2.24, 2.45) is 0 Å². The number of benzene rings is 3. The van der Waals surface area contributed by atoms with Crippen LogP contribution < -0.4 is 4.90 Å². The van der Waals surface area contributed by atoms with Gasteiger partial charge >= 0.3 is 0 Å². The Morgan fingerprint density at radius 1 is 1.00 bits per heavy atom. The van der Waals surface area contributed by atoms with Crippen LogP contribution in [0.3, 0.4) is 0 Å². The monoisotopic (exact) mass is 593 g/mol. The number of Topliss-reactive ketones (excluding diaryl/α,β-unsaturated/α-hetero) is 1. The number of hydrogen-bond acceptors (Lipinski definition) is 8. The summed E-state index contributed by atoms with van der Waals surface area (Å²) in [5.41, 5.74) is 1.95. The largest absolute Gasteiger partial charge is 0.503 e. The van der Waals surface area contributed by atoms with Gasteiger partial charge in [-0.25, -0.2) is 0 Å². The Hall–Kier alpha value is -3.63. The third-order valence-corrected chi connectivity index (χ3v) is 9.03. The van der Waals surface area contributed by atoms with Gasteiger partial charge in [-0.2, -0.15) is 0 Å². The average Bonchev–Trinajstić information content (AvgIpc) is 3.66. The molecule has 2 aromatic heterocycles. The molecule has 1 aliphatic rings. The van der Waals surface area contributed by atoms with E-state index in [-0.39, 0.29) is 21.5 Å². The van der Waals surface area contributed by atoms with Gasteiger partial charge in [-0.05, 0) is 35.4 Å². The van der Waals surface area contributed by atoms with E-state index in [4.69, 9.17) is 27.6 Å². The molecule has 0 saturated heterocycles. The first-order chi connectivity index (χ1) is 18.9. The van der Waals surface area contributed by atoms with Crippen LogP contribution >= 0.6 is 46.3 Å². The normalized spacial score (nSPS) is 15.5. The highest BCUT2D eigenvalue weighted by atomic mass is 35.5. The van der Waals surface area contributed by atoms with Gasteiger partial charge in [-0.15, -0.1) is 10.2 Å². The number of ketones is 1. The number of para-hydroxylation sites is 1. The second-order valence-corrected chi connectivity index (χ2v) is 11.6. The molecule has 0 radical (unpaired) electrons. The van der Waals surface area contributed by atoms with Crippen molar-refractivity contribution in [3.8, 4) is 0 Å². The Kier molecular flexibility index (Phi) is 6.90. The van der Waals surface area contributed by atoms with Gasteiger partial charge < -0.3 is 9.52 Å². The summed E-state index contributed by atoms with van der Waals surface area (Å²) in [4.78, 5) is 28.5. The van der Waals surface area contributed by atoms with E-state index in [1.807, 2.05) is 42.5 Å². The number of hydrogen-bond donors (Lipinski definition) is 1. The number of aliphatic hydroxyl groups is 1. The molecular formula is C28H17Cl2N3O4S2. The number of nitrogens with zero attached hydrogens (tertiary/aromatic N) is 3. The first kappa shape index (κ1) is 25.6. The van der Waals surface area contributed by atoms with Crippen LogP contribution in [0.4, 0.5) is 5.13 Å². The number of halogens is 2. The summed E-state index contributed by atoms with van der Waals surface area (Å²) in [6.45, 7) is 0. The van der Waals surface area contributed by atoms with E-state index in [2.05, 4.69) is 10.2 Å². The zero-order chi connectivity index (χ0) is 27.1. The molecule has 11 heteroatoms. The maximum atomic E-state index is 13.8. The summed E-state index contributed by atoms with van der Waals surface area (Å²) in [6, 6.07) is 22.4. The molecule has 1 amide bonds. The van der Waals surface area contributed by atoms with E-state index in [0.29, 0.717) is 26.3 Å². The lowest BCUT2D eigenvalue weighted by Crippen LogP contribution is -2.31. The summed E-state index contributed by atoms with van der Waals surface area (Å²) >= 11 is 15.1. The van der Waals surface area contributed by atoms with Crippen LogP contribution in [0.2, 0.25) is 10.0 Å². The minimum atomic E-state index is -1.03. The van der Waals surface area contributed by atoms with Gasteiger partial charge in [0, 0.05) is 11.1 Å². The van der Waals surface area contributed by atoms with E-state index in [9.17, 15) is 14.7 Å². The van der Waals surface area contributed by atoms with Gasteiger partial charge in [0.1, 0.15) is 5.58 Å². The molecule has 3 aromatic carbocycles. The predicted octanol–water partition coefficient (Wildman–Crippen LogP) is 7.67. The number of carbonyl (C=O) groups excluding carboxylic acids is 2. The fourth-order valence-electron chi connectivity index (χ4n) is 4.34. The Balaban J connectivity index is 1.39. The van der Waals surface area contributed by atoms with Crippen LogP contribution in [0.1, 0.15) is 27.7 Å². The molecule has 0 saturated carbocycles. The highest BCUT2D eigenvalue weighted by molar-refractivity contribution is 8.00. The van der Waals surface area contributed by atoms with Crippen molar-refractivity contribution in [3.05, 3.63) is 117 Å². The van der Waals surface area contributed by atoms with Gasteiger partial charge in [0.15, 0.2) is 15.9 Å². The van der Waals surface area contributed by atoms with Crippen molar-refractivity contribution in [2.45, 2.75) is 16.1 Å². The molecule has 7 nitrogen and oxygen atoms in total. The molecule has 0 spiro atoms. The van der Waals surface area contributed by atoms with E-state index < -0.39 is 23.5 Å². The van der Waals surface area contributed by atoms with Crippen molar-refractivity contribution < 1.29 is 19.1 Å². The van der Waals surface area contributed by atoms with Crippen molar-refractivity contribution in [1.82, 2.24) is 10.2 Å². The molecule has 3 heterocycles. The standard InChI is InChI=1S/C28H17Cl2N3O4S2/c29-18-11-10-17(12-19(18)30)23-22(24(34)21-13-16-8-4-5-9-20(16)37-21)25(35)26(36)33(23)27-31-32-28(39-27)38-14-15-6-2-1-3-7-15/h1-13,23,35H,14H2. The average molecular weight is 595 g/mol. The quantitative estimate of drug-likeness (QED) is 0.117. The second kappa shape index (κ2) is 10.5. The topological polar surface area (TPSA) is 96.5 Å². The van der Waals surface area contributed by atoms with E-state index in [1.54, 1.807) is 36.4 Å². The number of aliphatic hydroxyl groups excluding tert-OH is 1. The van der Waals surface area contributed by atoms with Crippen LogP contribution in [0, 0.1) is 0 Å². The maximum absolute atomic E-state index is 13.8. The molecule has 1 atom stereocenters. The number of rotatable bonds is 7. The predicted molar refractivity (Wildman–Crippen MR) is 153 cm³/mol. The number of thioether (sulfide) groups is 1. The number of anilines is 1. The molecule has 1 N–H and O–H groups in total. The van der Waals surface area contributed by atoms with Crippen LogP contribution in [-0.2, 0) is 10.5 Å². The van der Waals surface area contributed by atoms with Gasteiger partial charge in [-0.1, -0.05) is 101 Å². The summed E-state index contributed by atoms with van der Waals surface area (Å²) < 4.78 is 6.40. The Bertz CT molecular complexity index is 1730. The fourth-order valence-corrected chi connectivity index (χ4v) is 6.47. The van der Waals surface area contributed by atoms with Crippen LogP contribution in [-0.4, -0.2) is 27.0 Å². The summed E-state index contributed by atoms with van der Waals surface area (Å²) in [5, 5.41) is 21.0. The number of fused-ring (bicyclic) bond motifs is 1. The van der Waals surface area contributed by atoms with Crippen LogP contribution in [0.5, 0.6) is 0 Å². The molecule has 5 aromatic rings. The van der Waals surface area contributed by atoms with Gasteiger partial charge in [-0.3, -0.25) is 14.5 Å². The highest BCUT2D eigenvalue weighted by Crippen LogP contribution is 2.45. The highest BCUT2D eigenvalue weighted by Gasteiger charge is 2.47. The van der Waals surface area contributed by atoms with Crippen molar-refractivity contribution in [3.63, 3.8) is 0 Å². The molecule has 1 unspecified atom stereocenters. The molecule has 0 fully saturated rings. The number of aromatic nitrogens is 2. The lowest BCUT2D eigenvalue weighted by atomic mass is 9.95. The van der Waals surface area contributed by atoms with E-state index in [1.165, 1.54) is 28.0 Å². The van der Waals surface area contributed by atoms with E-state index in [0.717, 1.165) is 10.9 Å². The van der Waals surface area contributed by atoms with Crippen molar-refractivity contribution in [2.75, 3.05) is 4.90 Å². The first-order valence-corrected chi connectivity index (χ1v) is 14.2. The molecule has 6 rings (SSSR count). The minimum absolute atomic E-state index is 0.00571. The van der Waals surface area contributed by atoms with Crippen molar-refractivity contribution >= 4 is 74.1 Å². The summed E-state index contributed by atoms with van der Waals surface area (Å²) in [6.07, 6.45) is 0. The van der Waals surface area contributed by atoms with Crippen LogP contribution in [0.15, 0.2) is 99.0 Å². The maximum Gasteiger partial charge on any atom is 0.296 e. The molecule has 0 bridgehead atoms. The lowest BCUT2D eigenvalue weighted by Gasteiger charge is -2.24. The first-order valence-electron chi connectivity index (χ1n) is 11.7. The molecular weight excluding hydrogens is 577 g/mol. The molecule has 0 aliphatic carbocycles. The SMILES string of the molecule is O=C(C1=C(O)C(=O)N(c2nnc(SCc3ccccc3)s2)C1c1ccc(Cl)c(Cl)c1)c1cc2ccccc2o1. The van der Waals surface area contributed by atoms with Gasteiger partial charge in [0.25, 0.3) is 5.91 Å². The lowest BCUT2D eigenvalue weighted by molar-refractivity contribution is -0.117. The Labute approximate surface area is 240 Å². The fraction of sp³-hybridized carbons (Fsp3) is 0.0714. The zero-order valence-electron chi connectivity index (χ0n) is 19.9. The zero-order valence-corrected chi connectivity index (χ0v) is 23.0. The minimum Gasteiger partial charge on any atom is -0.503 e. The molecule has 194 valence electrons.